The van der Waals surface area contributed by atoms with Gasteiger partial charge >= 0.3 is 0 Å². The van der Waals surface area contributed by atoms with Gasteiger partial charge in [-0.25, -0.2) is 14.6 Å². The Morgan fingerprint density at radius 1 is 1.29 bits per heavy atom. The molecule has 0 radical (unpaired) electrons. The van der Waals surface area contributed by atoms with E-state index in [0.29, 0.717) is 23.2 Å². The summed E-state index contributed by atoms with van der Waals surface area (Å²) in [5.74, 6) is 2.82. The first-order valence-corrected chi connectivity index (χ1v) is 7.88. The largest absolute Gasteiger partial charge is 0.393 e. The second-order valence-corrected chi connectivity index (χ2v) is 5.85. The van der Waals surface area contributed by atoms with Crippen molar-refractivity contribution in [3.8, 4) is 5.82 Å². The smallest absolute Gasteiger partial charge is 0.231 e. The Morgan fingerprint density at radius 3 is 2.92 bits per heavy atom. The number of anilines is 2. The summed E-state index contributed by atoms with van der Waals surface area (Å²) < 4.78 is 6.98. The molecule has 1 aliphatic heterocycles. The van der Waals surface area contributed by atoms with E-state index in [1.54, 1.807) is 10.9 Å². The standard InChI is InChI=1S/C15H18N8O/c1-10-20-15(24-21-10)11-4-2-6-22(8-11)13-12(16)14(18-9-17-13)23-7-3-5-19-23/h3,5,7,9,11H,2,4,6,8,16H2,1H3/t11-/m1/s1. The lowest BCUT2D eigenvalue weighted by molar-refractivity contribution is 0.331. The van der Waals surface area contributed by atoms with E-state index < -0.39 is 0 Å². The van der Waals surface area contributed by atoms with Gasteiger partial charge in [0, 0.05) is 25.5 Å². The fourth-order valence-electron chi connectivity index (χ4n) is 3.06. The van der Waals surface area contributed by atoms with E-state index in [-0.39, 0.29) is 5.92 Å². The molecule has 0 bridgehead atoms. The van der Waals surface area contributed by atoms with Crippen LogP contribution >= 0.6 is 0 Å². The molecule has 0 saturated carbocycles. The molecule has 1 fully saturated rings. The van der Waals surface area contributed by atoms with E-state index in [9.17, 15) is 0 Å². The van der Waals surface area contributed by atoms with Crippen LogP contribution in [0.3, 0.4) is 0 Å². The van der Waals surface area contributed by atoms with Crippen LogP contribution in [0, 0.1) is 6.92 Å². The lowest BCUT2D eigenvalue weighted by Crippen LogP contribution is -2.35. The number of piperidine rings is 1. The zero-order chi connectivity index (χ0) is 16.5. The van der Waals surface area contributed by atoms with Crippen molar-refractivity contribution in [3.63, 3.8) is 0 Å². The highest BCUT2D eigenvalue weighted by Crippen LogP contribution is 2.32. The van der Waals surface area contributed by atoms with Crippen LogP contribution in [-0.4, -0.2) is 43.0 Å². The second kappa shape index (κ2) is 5.91. The number of hydrogen-bond acceptors (Lipinski definition) is 8. The normalized spacial score (nSPS) is 18.0. The molecule has 2 N–H and O–H groups in total. The van der Waals surface area contributed by atoms with Crippen molar-refractivity contribution in [3.05, 3.63) is 36.5 Å². The van der Waals surface area contributed by atoms with Crippen molar-refractivity contribution in [2.45, 2.75) is 25.7 Å². The first-order valence-electron chi connectivity index (χ1n) is 7.88. The van der Waals surface area contributed by atoms with Crippen LogP contribution in [0.2, 0.25) is 0 Å². The van der Waals surface area contributed by atoms with Crippen LogP contribution in [0.15, 0.2) is 29.3 Å². The average Bonchev–Trinajstić information content (AvgIpc) is 3.27. The maximum Gasteiger partial charge on any atom is 0.231 e. The van der Waals surface area contributed by atoms with Crippen LogP contribution in [0.4, 0.5) is 11.5 Å². The topological polar surface area (TPSA) is 112 Å². The zero-order valence-electron chi connectivity index (χ0n) is 13.3. The molecular weight excluding hydrogens is 308 g/mol. The molecule has 3 aromatic heterocycles. The van der Waals surface area contributed by atoms with Gasteiger partial charge in [-0.15, -0.1) is 0 Å². The maximum absolute atomic E-state index is 6.31. The fraction of sp³-hybridized carbons (Fsp3) is 0.400. The van der Waals surface area contributed by atoms with Crippen molar-refractivity contribution < 1.29 is 4.52 Å². The van der Waals surface area contributed by atoms with E-state index in [2.05, 4.69) is 30.1 Å². The van der Waals surface area contributed by atoms with Crippen molar-refractivity contribution in [1.82, 2.24) is 29.9 Å². The Balaban J connectivity index is 1.62. The first kappa shape index (κ1) is 14.6. The fourth-order valence-corrected chi connectivity index (χ4v) is 3.06. The quantitative estimate of drug-likeness (QED) is 0.767. The van der Waals surface area contributed by atoms with Crippen LogP contribution in [0.25, 0.3) is 5.82 Å². The Labute approximate surface area is 138 Å². The summed E-state index contributed by atoms with van der Waals surface area (Å²) in [7, 11) is 0. The van der Waals surface area contributed by atoms with Gasteiger partial charge in [-0.1, -0.05) is 5.16 Å². The lowest BCUT2D eigenvalue weighted by Gasteiger charge is -2.32. The molecule has 1 atom stereocenters. The third-order valence-electron chi connectivity index (χ3n) is 4.18. The summed E-state index contributed by atoms with van der Waals surface area (Å²) in [6.45, 7) is 3.44. The van der Waals surface area contributed by atoms with Gasteiger partial charge in [-0.2, -0.15) is 10.1 Å². The predicted octanol–water partition coefficient (Wildman–Crippen LogP) is 1.32. The van der Waals surface area contributed by atoms with Gasteiger partial charge in [-0.3, -0.25) is 0 Å². The van der Waals surface area contributed by atoms with Crippen LogP contribution in [0.5, 0.6) is 0 Å². The molecule has 0 aromatic carbocycles. The lowest BCUT2D eigenvalue weighted by atomic mass is 9.98. The third-order valence-corrected chi connectivity index (χ3v) is 4.18. The van der Waals surface area contributed by atoms with Crippen LogP contribution in [0.1, 0.15) is 30.5 Å². The maximum atomic E-state index is 6.31. The highest BCUT2D eigenvalue weighted by Gasteiger charge is 2.28. The van der Waals surface area contributed by atoms with Crippen molar-refractivity contribution >= 4 is 11.5 Å². The van der Waals surface area contributed by atoms with Gasteiger partial charge in [-0.05, 0) is 25.8 Å². The molecule has 0 spiro atoms. The Kier molecular flexibility index (Phi) is 3.60. The van der Waals surface area contributed by atoms with Crippen molar-refractivity contribution in [2.75, 3.05) is 23.7 Å². The van der Waals surface area contributed by atoms with Crippen molar-refractivity contribution in [1.29, 1.82) is 0 Å². The molecule has 4 heterocycles. The molecule has 1 aliphatic rings. The molecule has 0 unspecified atom stereocenters. The Hall–Kier alpha value is -2.97. The van der Waals surface area contributed by atoms with E-state index in [0.717, 1.165) is 31.7 Å². The van der Waals surface area contributed by atoms with Gasteiger partial charge in [0.2, 0.25) is 5.89 Å². The minimum Gasteiger partial charge on any atom is -0.393 e. The molecule has 124 valence electrons. The van der Waals surface area contributed by atoms with Gasteiger partial charge < -0.3 is 15.2 Å². The van der Waals surface area contributed by atoms with Crippen LogP contribution in [-0.2, 0) is 0 Å². The summed E-state index contributed by atoms with van der Waals surface area (Å²) >= 11 is 0. The van der Waals surface area contributed by atoms with E-state index in [1.807, 2.05) is 19.2 Å². The molecular formula is C15H18N8O. The van der Waals surface area contributed by atoms with E-state index >= 15 is 0 Å². The van der Waals surface area contributed by atoms with Gasteiger partial charge in [0.1, 0.15) is 12.0 Å². The highest BCUT2D eigenvalue weighted by molar-refractivity contribution is 5.70. The Morgan fingerprint density at radius 2 is 2.17 bits per heavy atom. The average molecular weight is 326 g/mol. The number of nitrogen functional groups attached to an aromatic ring is 1. The number of nitrogens with zero attached hydrogens (tertiary/aromatic N) is 7. The summed E-state index contributed by atoms with van der Waals surface area (Å²) in [6, 6.07) is 1.83. The second-order valence-electron chi connectivity index (χ2n) is 5.85. The SMILES string of the molecule is Cc1noc([C@@H]2CCCN(c3ncnc(-n4cccn4)c3N)C2)n1. The van der Waals surface area contributed by atoms with E-state index in [4.69, 9.17) is 10.3 Å². The zero-order valence-corrected chi connectivity index (χ0v) is 13.3. The number of hydrogen-bond donors (Lipinski definition) is 1. The molecule has 0 amide bonds. The molecule has 24 heavy (non-hydrogen) atoms. The number of aryl methyl sites for hydroxylation is 1. The van der Waals surface area contributed by atoms with E-state index in [1.165, 1.54) is 6.33 Å². The molecule has 9 heteroatoms. The number of aromatic nitrogens is 6. The summed E-state index contributed by atoms with van der Waals surface area (Å²) in [4.78, 5) is 15.2. The minimum absolute atomic E-state index is 0.183. The molecule has 4 rings (SSSR count). The molecule has 1 saturated heterocycles. The van der Waals surface area contributed by atoms with Crippen LogP contribution < -0.4 is 10.6 Å². The Bertz CT molecular complexity index is 828. The predicted molar refractivity (Wildman–Crippen MR) is 86.8 cm³/mol. The molecule has 0 aliphatic carbocycles. The van der Waals surface area contributed by atoms with Gasteiger partial charge in [0.25, 0.3) is 0 Å². The molecule has 3 aromatic rings. The van der Waals surface area contributed by atoms with Gasteiger partial charge in [0.05, 0.1) is 5.92 Å². The minimum atomic E-state index is 0.183. The number of rotatable bonds is 3. The highest BCUT2D eigenvalue weighted by atomic mass is 16.5. The van der Waals surface area contributed by atoms with Gasteiger partial charge in [0.15, 0.2) is 17.5 Å². The van der Waals surface area contributed by atoms with Crippen molar-refractivity contribution in [2.24, 2.45) is 0 Å². The number of nitrogens with two attached hydrogens (primary N) is 1. The summed E-state index contributed by atoms with van der Waals surface area (Å²) in [5, 5.41) is 8.08. The summed E-state index contributed by atoms with van der Waals surface area (Å²) in [5.41, 5.74) is 6.83. The monoisotopic (exact) mass is 326 g/mol. The molecule has 9 nitrogen and oxygen atoms in total. The summed E-state index contributed by atoms with van der Waals surface area (Å²) in [6.07, 6.45) is 7.03. The first-order chi connectivity index (χ1) is 11.7. The third kappa shape index (κ3) is 2.57.